The Morgan fingerprint density at radius 1 is 1.35 bits per heavy atom. The van der Waals surface area contributed by atoms with E-state index in [2.05, 4.69) is 52.7 Å². The van der Waals surface area contributed by atoms with Crippen molar-refractivity contribution < 1.29 is 4.52 Å². The number of nitrogens with zero attached hydrogens (tertiary/aromatic N) is 4. The van der Waals surface area contributed by atoms with Crippen LogP contribution in [0.2, 0.25) is 0 Å². The molecular formula is C15H22N4O. The summed E-state index contributed by atoms with van der Waals surface area (Å²) >= 11 is 0. The number of hydrogen-bond donors (Lipinski definition) is 0. The fourth-order valence-corrected chi connectivity index (χ4v) is 2.99. The van der Waals surface area contributed by atoms with Gasteiger partial charge in [-0.05, 0) is 32.8 Å². The van der Waals surface area contributed by atoms with Gasteiger partial charge < -0.3 is 4.52 Å². The van der Waals surface area contributed by atoms with Crippen LogP contribution >= 0.6 is 0 Å². The molecule has 0 aliphatic carbocycles. The maximum Gasteiger partial charge on any atom is 0.150 e. The SMILES string of the molecule is CCc1cc(CN2CC[C@@H](n3nc(C)cc3C)C2)on1. The Bertz CT molecular complexity index is 586. The van der Waals surface area contributed by atoms with Gasteiger partial charge in [-0.3, -0.25) is 9.58 Å². The number of rotatable bonds is 4. The van der Waals surface area contributed by atoms with E-state index in [1.54, 1.807) is 0 Å². The fraction of sp³-hybridized carbons (Fsp3) is 0.600. The highest BCUT2D eigenvalue weighted by Crippen LogP contribution is 2.24. The lowest BCUT2D eigenvalue weighted by Crippen LogP contribution is -2.21. The Kier molecular flexibility index (Phi) is 3.61. The third-order valence-corrected chi connectivity index (χ3v) is 3.99. The molecule has 0 radical (unpaired) electrons. The third kappa shape index (κ3) is 2.63. The predicted octanol–water partition coefficient (Wildman–Crippen LogP) is 2.50. The molecular weight excluding hydrogens is 252 g/mol. The van der Waals surface area contributed by atoms with Gasteiger partial charge in [0.25, 0.3) is 0 Å². The zero-order valence-corrected chi connectivity index (χ0v) is 12.5. The van der Waals surface area contributed by atoms with Gasteiger partial charge in [-0.1, -0.05) is 12.1 Å². The minimum Gasteiger partial charge on any atom is -0.360 e. The first-order chi connectivity index (χ1) is 9.65. The smallest absolute Gasteiger partial charge is 0.150 e. The molecule has 3 heterocycles. The van der Waals surface area contributed by atoms with E-state index in [9.17, 15) is 0 Å². The van der Waals surface area contributed by atoms with Crippen LogP contribution in [0.4, 0.5) is 0 Å². The summed E-state index contributed by atoms with van der Waals surface area (Å²) in [6.45, 7) is 9.25. The van der Waals surface area contributed by atoms with E-state index >= 15 is 0 Å². The lowest BCUT2D eigenvalue weighted by Gasteiger charge is -2.15. The van der Waals surface area contributed by atoms with Gasteiger partial charge in [0.05, 0.1) is 24.0 Å². The Hall–Kier alpha value is -1.62. The standard InChI is InChI=1S/C15H22N4O/c1-4-13-8-15(20-17-13)10-18-6-5-14(9-18)19-12(3)7-11(2)16-19/h7-8,14H,4-6,9-10H2,1-3H3/t14-/m1/s1. The Balaban J connectivity index is 1.63. The Morgan fingerprint density at radius 2 is 2.20 bits per heavy atom. The first-order valence-corrected chi connectivity index (χ1v) is 7.35. The van der Waals surface area contributed by atoms with E-state index in [0.29, 0.717) is 6.04 Å². The summed E-state index contributed by atoms with van der Waals surface area (Å²) < 4.78 is 7.55. The summed E-state index contributed by atoms with van der Waals surface area (Å²) in [5.74, 6) is 0.968. The molecule has 0 bridgehead atoms. The average Bonchev–Trinajstić information content (AvgIpc) is 3.11. The van der Waals surface area contributed by atoms with Gasteiger partial charge in [0.2, 0.25) is 0 Å². The second-order valence-electron chi connectivity index (χ2n) is 5.69. The van der Waals surface area contributed by atoms with Crippen LogP contribution in [0, 0.1) is 13.8 Å². The first-order valence-electron chi connectivity index (χ1n) is 7.35. The van der Waals surface area contributed by atoms with Gasteiger partial charge in [-0.15, -0.1) is 0 Å². The van der Waals surface area contributed by atoms with E-state index in [1.807, 2.05) is 0 Å². The zero-order chi connectivity index (χ0) is 14.1. The molecule has 5 heteroatoms. The van der Waals surface area contributed by atoms with E-state index in [4.69, 9.17) is 4.52 Å². The molecule has 0 spiro atoms. The van der Waals surface area contributed by atoms with E-state index in [-0.39, 0.29) is 0 Å². The van der Waals surface area contributed by atoms with Crippen molar-refractivity contribution in [2.24, 2.45) is 0 Å². The number of hydrogen-bond acceptors (Lipinski definition) is 4. The van der Waals surface area contributed by atoms with Crippen molar-refractivity contribution in [2.75, 3.05) is 13.1 Å². The van der Waals surface area contributed by atoms with Crippen molar-refractivity contribution in [3.05, 3.63) is 35.0 Å². The molecule has 108 valence electrons. The van der Waals surface area contributed by atoms with E-state index < -0.39 is 0 Å². The van der Waals surface area contributed by atoms with Gasteiger partial charge >= 0.3 is 0 Å². The molecule has 20 heavy (non-hydrogen) atoms. The van der Waals surface area contributed by atoms with Crippen LogP contribution in [0.15, 0.2) is 16.7 Å². The molecule has 2 aromatic rings. The van der Waals surface area contributed by atoms with Crippen molar-refractivity contribution in [1.29, 1.82) is 0 Å². The lowest BCUT2D eigenvalue weighted by molar-refractivity contribution is 0.263. The van der Waals surface area contributed by atoms with Crippen LogP contribution in [-0.4, -0.2) is 32.9 Å². The van der Waals surface area contributed by atoms with Gasteiger partial charge in [0.15, 0.2) is 5.76 Å². The largest absolute Gasteiger partial charge is 0.360 e. The normalized spacial score (nSPS) is 19.9. The number of aryl methyl sites for hydroxylation is 3. The van der Waals surface area contributed by atoms with Crippen LogP contribution in [-0.2, 0) is 13.0 Å². The second-order valence-corrected chi connectivity index (χ2v) is 5.69. The second kappa shape index (κ2) is 5.40. The average molecular weight is 274 g/mol. The molecule has 1 aliphatic heterocycles. The summed E-state index contributed by atoms with van der Waals surface area (Å²) in [4.78, 5) is 2.42. The molecule has 2 aromatic heterocycles. The predicted molar refractivity (Wildman–Crippen MR) is 76.5 cm³/mol. The number of aromatic nitrogens is 3. The molecule has 1 saturated heterocycles. The molecule has 1 fully saturated rings. The van der Waals surface area contributed by atoms with Crippen LogP contribution in [0.25, 0.3) is 0 Å². The summed E-state index contributed by atoms with van der Waals surface area (Å²) in [6, 6.07) is 4.70. The van der Waals surface area contributed by atoms with E-state index in [0.717, 1.165) is 49.6 Å². The molecule has 3 rings (SSSR count). The van der Waals surface area contributed by atoms with Gasteiger partial charge in [-0.2, -0.15) is 5.10 Å². The Labute approximate surface area is 119 Å². The summed E-state index contributed by atoms with van der Waals surface area (Å²) in [6.07, 6.45) is 2.08. The highest BCUT2D eigenvalue weighted by atomic mass is 16.5. The molecule has 0 saturated carbocycles. The summed E-state index contributed by atoms with van der Waals surface area (Å²) in [7, 11) is 0. The maximum atomic E-state index is 5.37. The third-order valence-electron chi connectivity index (χ3n) is 3.99. The molecule has 1 aliphatic rings. The highest BCUT2D eigenvalue weighted by molar-refractivity contribution is 5.09. The Morgan fingerprint density at radius 3 is 2.85 bits per heavy atom. The fourth-order valence-electron chi connectivity index (χ4n) is 2.99. The quantitative estimate of drug-likeness (QED) is 0.859. The first kappa shape index (κ1) is 13.4. The molecule has 0 unspecified atom stereocenters. The van der Waals surface area contributed by atoms with Crippen molar-refractivity contribution in [1.82, 2.24) is 19.8 Å². The van der Waals surface area contributed by atoms with Crippen molar-refractivity contribution in [2.45, 2.75) is 46.2 Å². The maximum absolute atomic E-state index is 5.37. The summed E-state index contributed by atoms with van der Waals surface area (Å²) in [5.41, 5.74) is 3.39. The van der Waals surface area contributed by atoms with Crippen molar-refractivity contribution in [3.63, 3.8) is 0 Å². The highest BCUT2D eigenvalue weighted by Gasteiger charge is 2.26. The van der Waals surface area contributed by atoms with Gasteiger partial charge in [-0.25, -0.2) is 0 Å². The molecule has 5 nitrogen and oxygen atoms in total. The van der Waals surface area contributed by atoms with Crippen LogP contribution in [0.5, 0.6) is 0 Å². The molecule has 0 amide bonds. The molecule has 0 aromatic carbocycles. The lowest BCUT2D eigenvalue weighted by atomic mass is 10.2. The minimum atomic E-state index is 0.484. The van der Waals surface area contributed by atoms with Crippen LogP contribution < -0.4 is 0 Å². The zero-order valence-electron chi connectivity index (χ0n) is 12.5. The van der Waals surface area contributed by atoms with Crippen LogP contribution in [0.1, 0.15) is 42.2 Å². The molecule has 0 N–H and O–H groups in total. The van der Waals surface area contributed by atoms with E-state index in [1.165, 1.54) is 5.69 Å². The summed E-state index contributed by atoms with van der Waals surface area (Å²) in [5, 5.41) is 8.66. The van der Waals surface area contributed by atoms with Crippen LogP contribution in [0.3, 0.4) is 0 Å². The minimum absolute atomic E-state index is 0.484. The van der Waals surface area contributed by atoms with Crippen molar-refractivity contribution in [3.8, 4) is 0 Å². The van der Waals surface area contributed by atoms with Gasteiger partial charge in [0, 0.05) is 24.8 Å². The van der Waals surface area contributed by atoms with Gasteiger partial charge in [0.1, 0.15) is 0 Å². The van der Waals surface area contributed by atoms with Crippen molar-refractivity contribution >= 4 is 0 Å². The number of likely N-dealkylation sites (tertiary alicyclic amines) is 1. The monoisotopic (exact) mass is 274 g/mol. The molecule has 1 atom stereocenters. The topological polar surface area (TPSA) is 47.1 Å².